The van der Waals surface area contributed by atoms with Crippen LogP contribution < -0.4 is 5.32 Å². The Morgan fingerprint density at radius 2 is 1.73 bits per heavy atom. The first kappa shape index (κ1) is 25.0. The number of rotatable bonds is 5. The fourth-order valence-electron chi connectivity index (χ4n) is 4.02. The Morgan fingerprint density at radius 3 is 2.36 bits per heavy atom. The molecule has 2 aromatic carbocycles. The Kier molecular flexibility index (Phi) is 7.62. The normalized spacial score (nSPS) is 15.7. The number of carbonyl (C=O) groups is 2. The zero-order valence-corrected chi connectivity index (χ0v) is 21.2. The molecule has 2 amide bonds. The van der Waals surface area contributed by atoms with Gasteiger partial charge in [-0.05, 0) is 81.4 Å². The van der Waals surface area contributed by atoms with Crippen LogP contribution in [0, 0.1) is 0 Å². The van der Waals surface area contributed by atoms with E-state index in [4.69, 9.17) is 4.74 Å². The van der Waals surface area contributed by atoms with Gasteiger partial charge in [-0.25, -0.2) is 4.79 Å². The molecule has 7 heteroatoms. The predicted octanol–water partition coefficient (Wildman–Crippen LogP) is 4.37. The Hall–Kier alpha value is -2.67. The molecule has 1 saturated heterocycles. The number of likely N-dealkylation sites (tertiary alicyclic amines) is 1. The number of benzene rings is 2. The van der Waals surface area contributed by atoms with Gasteiger partial charge in [0.25, 0.3) is 5.91 Å². The molecule has 0 saturated carbocycles. The zero-order chi connectivity index (χ0) is 24.2. The number of amides is 2. The lowest BCUT2D eigenvalue weighted by Crippen LogP contribution is -2.38. The van der Waals surface area contributed by atoms with Crippen molar-refractivity contribution in [3.63, 3.8) is 0 Å². The van der Waals surface area contributed by atoms with Crippen LogP contribution in [-0.4, -0.2) is 52.3 Å². The summed E-state index contributed by atoms with van der Waals surface area (Å²) in [6, 6.07) is 15.5. The third-order valence-electron chi connectivity index (χ3n) is 5.76. The summed E-state index contributed by atoms with van der Waals surface area (Å²) in [7, 11) is -2.41. The van der Waals surface area contributed by atoms with Gasteiger partial charge in [-0.2, -0.15) is 0 Å². The summed E-state index contributed by atoms with van der Waals surface area (Å²) in [6.07, 6.45) is 4.78. The maximum atomic E-state index is 13.0. The molecule has 1 aliphatic rings. The maximum Gasteiger partial charge on any atom is 0.407 e. The Labute approximate surface area is 198 Å². The highest BCUT2D eigenvalue weighted by molar-refractivity contribution is 8.01. The molecule has 0 atom stereocenters. The second kappa shape index (κ2) is 10.1. The smallest absolute Gasteiger partial charge is 0.407 e. The van der Waals surface area contributed by atoms with Gasteiger partial charge in [0, 0.05) is 30.1 Å². The Balaban J connectivity index is 1.58. The van der Waals surface area contributed by atoms with Crippen molar-refractivity contribution in [3.05, 3.63) is 65.2 Å². The van der Waals surface area contributed by atoms with Gasteiger partial charge < -0.3 is 15.0 Å². The van der Waals surface area contributed by atoms with E-state index in [1.807, 2.05) is 49.9 Å². The number of piperidine rings is 1. The molecule has 0 unspecified atom stereocenters. The van der Waals surface area contributed by atoms with Crippen LogP contribution >= 0.6 is 0 Å². The summed E-state index contributed by atoms with van der Waals surface area (Å²) in [4.78, 5) is 27.6. The van der Waals surface area contributed by atoms with Crippen molar-refractivity contribution >= 4 is 21.9 Å². The molecule has 0 spiro atoms. The fourth-order valence-corrected chi connectivity index (χ4v) is 4.91. The number of carbonyl (C=O) groups excluding carboxylic acids is 2. The standard InChI is InChI=1S/C26H36N2O4S/c1-26(2,3)32-25(30)27-18-19-8-6-9-21(16-19)20-12-14-28(15-13-20)24(29)22-10-7-11-23(17-22)33(4,5)31/h6-11,16-17,20,33H,12-15,18H2,1-5H3,(H,27,30). The van der Waals surface area contributed by atoms with E-state index in [-0.39, 0.29) is 5.91 Å². The third-order valence-corrected chi connectivity index (χ3v) is 7.28. The first-order valence-electron chi connectivity index (χ1n) is 11.4. The number of ether oxygens (including phenoxy) is 1. The molecule has 3 rings (SSSR count). The molecule has 0 bridgehead atoms. The van der Waals surface area contributed by atoms with Crippen molar-refractivity contribution in [1.29, 1.82) is 0 Å². The monoisotopic (exact) mass is 472 g/mol. The largest absolute Gasteiger partial charge is 0.444 e. The van der Waals surface area contributed by atoms with E-state index >= 15 is 0 Å². The molecule has 1 N–H and O–H groups in total. The molecule has 0 aliphatic carbocycles. The Bertz CT molecular complexity index is 1050. The topological polar surface area (TPSA) is 75.7 Å². The average Bonchev–Trinajstić information content (AvgIpc) is 2.76. The van der Waals surface area contributed by atoms with E-state index in [0.717, 1.165) is 23.3 Å². The molecule has 0 radical (unpaired) electrons. The lowest BCUT2D eigenvalue weighted by Gasteiger charge is -2.32. The maximum absolute atomic E-state index is 13.0. The Morgan fingerprint density at radius 1 is 1.06 bits per heavy atom. The van der Waals surface area contributed by atoms with Gasteiger partial charge in [0.05, 0.1) is 0 Å². The molecule has 1 fully saturated rings. The van der Waals surface area contributed by atoms with Crippen molar-refractivity contribution in [2.24, 2.45) is 0 Å². The molecule has 1 aliphatic heterocycles. The van der Waals surface area contributed by atoms with Crippen LogP contribution in [0.25, 0.3) is 0 Å². The number of nitrogens with zero attached hydrogens (tertiary/aromatic N) is 1. The molecule has 6 nitrogen and oxygen atoms in total. The summed E-state index contributed by atoms with van der Waals surface area (Å²) in [5.41, 5.74) is 2.33. The van der Waals surface area contributed by atoms with E-state index < -0.39 is 21.6 Å². The molecular formula is C26H36N2O4S. The minimum absolute atomic E-state index is 0.000869. The van der Waals surface area contributed by atoms with Gasteiger partial charge in [-0.1, -0.05) is 40.3 Å². The van der Waals surface area contributed by atoms with E-state index in [1.54, 1.807) is 24.6 Å². The summed E-state index contributed by atoms with van der Waals surface area (Å²) >= 11 is 0. The molecule has 1 heterocycles. The quantitative estimate of drug-likeness (QED) is 0.634. The van der Waals surface area contributed by atoms with Gasteiger partial charge in [0.15, 0.2) is 0 Å². The van der Waals surface area contributed by atoms with E-state index in [9.17, 15) is 13.8 Å². The van der Waals surface area contributed by atoms with Crippen LogP contribution in [0.2, 0.25) is 0 Å². The van der Waals surface area contributed by atoms with Crippen molar-refractivity contribution in [2.45, 2.75) is 56.6 Å². The van der Waals surface area contributed by atoms with Gasteiger partial charge in [-0.3, -0.25) is 9.00 Å². The molecule has 2 aromatic rings. The fraction of sp³-hybridized carbons (Fsp3) is 0.462. The van der Waals surface area contributed by atoms with Gasteiger partial charge in [0.1, 0.15) is 5.60 Å². The van der Waals surface area contributed by atoms with Crippen LogP contribution in [0.4, 0.5) is 4.79 Å². The summed E-state index contributed by atoms with van der Waals surface area (Å²) in [5, 5.41) is 2.81. The van der Waals surface area contributed by atoms with Crippen molar-refractivity contribution in [3.8, 4) is 0 Å². The molecule has 180 valence electrons. The molecule has 0 aromatic heterocycles. The number of nitrogens with one attached hydrogen (secondary N) is 1. The van der Waals surface area contributed by atoms with Crippen LogP contribution in [-0.2, 0) is 21.2 Å². The summed E-state index contributed by atoms with van der Waals surface area (Å²) in [5.74, 6) is 0.368. The average molecular weight is 473 g/mol. The highest BCUT2D eigenvalue weighted by Crippen LogP contribution is 2.29. The van der Waals surface area contributed by atoms with Gasteiger partial charge >= 0.3 is 6.09 Å². The third kappa shape index (κ3) is 7.16. The minimum atomic E-state index is -2.41. The SMILES string of the molecule is CC(C)(C)OC(=O)NCc1cccc(C2CCN(C(=O)c3cccc([SH](C)(C)=O)c3)CC2)c1. The van der Waals surface area contributed by atoms with Crippen LogP contribution in [0.15, 0.2) is 53.4 Å². The van der Waals surface area contributed by atoms with Crippen molar-refractivity contribution in [1.82, 2.24) is 10.2 Å². The number of alkyl carbamates (subject to hydrolysis) is 1. The van der Waals surface area contributed by atoms with Crippen LogP contribution in [0.5, 0.6) is 0 Å². The second-order valence-electron chi connectivity index (χ2n) is 10.1. The first-order valence-corrected chi connectivity index (χ1v) is 14.0. The van der Waals surface area contributed by atoms with Crippen LogP contribution in [0.1, 0.15) is 61.0 Å². The number of hydrogen-bond acceptors (Lipinski definition) is 4. The van der Waals surface area contributed by atoms with Gasteiger partial charge in [0.2, 0.25) is 0 Å². The second-order valence-corrected chi connectivity index (χ2v) is 13.3. The number of thiol groups is 1. The first-order chi connectivity index (χ1) is 15.4. The lowest BCUT2D eigenvalue weighted by molar-refractivity contribution is 0.0523. The highest BCUT2D eigenvalue weighted by Gasteiger charge is 2.25. The molecule has 33 heavy (non-hydrogen) atoms. The number of hydrogen-bond donors (Lipinski definition) is 2. The van der Waals surface area contributed by atoms with Crippen molar-refractivity contribution in [2.75, 3.05) is 25.6 Å². The predicted molar refractivity (Wildman–Crippen MR) is 133 cm³/mol. The van der Waals surface area contributed by atoms with E-state index in [0.29, 0.717) is 31.1 Å². The molecular weight excluding hydrogens is 436 g/mol. The summed E-state index contributed by atoms with van der Waals surface area (Å²) in [6.45, 7) is 7.30. The van der Waals surface area contributed by atoms with E-state index in [2.05, 4.69) is 17.4 Å². The van der Waals surface area contributed by atoms with Crippen LogP contribution in [0.3, 0.4) is 0 Å². The lowest BCUT2D eigenvalue weighted by atomic mass is 9.88. The summed E-state index contributed by atoms with van der Waals surface area (Å²) < 4.78 is 17.7. The highest BCUT2D eigenvalue weighted by atomic mass is 32.2. The minimum Gasteiger partial charge on any atom is -0.444 e. The van der Waals surface area contributed by atoms with E-state index in [1.165, 1.54) is 5.56 Å². The zero-order valence-electron chi connectivity index (χ0n) is 20.3. The van der Waals surface area contributed by atoms with Crippen molar-refractivity contribution < 1.29 is 18.5 Å². The van der Waals surface area contributed by atoms with Gasteiger partial charge in [-0.15, -0.1) is 0 Å².